The number of H-pyrrole nitrogens is 1. The average Bonchev–Trinajstić information content (AvgIpc) is 3.10. The normalized spacial score (nSPS) is 17.4. The van der Waals surface area contributed by atoms with E-state index >= 15 is 0 Å². The maximum Gasteiger partial charge on any atom is 0.220 e. The number of piperidine rings is 1. The lowest BCUT2D eigenvalue weighted by atomic mass is 10.1. The minimum absolute atomic E-state index is 0.0818. The molecule has 0 aliphatic carbocycles. The maximum atomic E-state index is 12.4. The van der Waals surface area contributed by atoms with Crippen LogP contribution >= 0.6 is 0 Å². The Morgan fingerprint density at radius 1 is 1.23 bits per heavy atom. The quantitative estimate of drug-likeness (QED) is 0.743. The lowest BCUT2D eigenvalue weighted by Gasteiger charge is -2.34. The standard InChI is InChI=1S/C20H23N5O/c26-20(11-10-18-23-16-7-1-2-8-17(16)24-18)22-15-6-5-13-25(14-15)19-9-3-4-12-21-19/h1-4,7-9,12,15H,5-6,10-11,13-14H2,(H,22,26)(H,23,24)/t15-/m1/s1. The van der Waals surface area contributed by atoms with Gasteiger partial charge in [-0.05, 0) is 37.1 Å². The average molecular weight is 349 g/mol. The van der Waals surface area contributed by atoms with Crippen LogP contribution in [-0.4, -0.2) is 40.0 Å². The summed E-state index contributed by atoms with van der Waals surface area (Å²) >= 11 is 0. The third-order valence-electron chi connectivity index (χ3n) is 4.79. The molecule has 3 aromatic rings. The summed E-state index contributed by atoms with van der Waals surface area (Å²) in [6.07, 6.45) is 4.95. The van der Waals surface area contributed by atoms with E-state index in [0.29, 0.717) is 12.8 Å². The first kappa shape index (κ1) is 16.6. The smallest absolute Gasteiger partial charge is 0.220 e. The Balaban J connectivity index is 1.30. The van der Waals surface area contributed by atoms with Gasteiger partial charge in [-0.25, -0.2) is 9.97 Å². The number of anilines is 1. The third-order valence-corrected chi connectivity index (χ3v) is 4.79. The number of carbonyl (C=O) groups is 1. The van der Waals surface area contributed by atoms with E-state index in [9.17, 15) is 4.79 Å². The van der Waals surface area contributed by atoms with Gasteiger partial charge in [0.25, 0.3) is 0 Å². The molecule has 26 heavy (non-hydrogen) atoms. The monoisotopic (exact) mass is 349 g/mol. The maximum absolute atomic E-state index is 12.4. The molecule has 0 unspecified atom stereocenters. The predicted molar refractivity (Wildman–Crippen MR) is 102 cm³/mol. The molecule has 0 bridgehead atoms. The number of aryl methyl sites for hydroxylation is 1. The van der Waals surface area contributed by atoms with E-state index in [-0.39, 0.29) is 11.9 Å². The van der Waals surface area contributed by atoms with Crippen molar-refractivity contribution in [3.63, 3.8) is 0 Å². The van der Waals surface area contributed by atoms with Crippen LogP contribution in [0.2, 0.25) is 0 Å². The molecule has 6 heteroatoms. The topological polar surface area (TPSA) is 73.9 Å². The number of imidazole rings is 1. The molecule has 0 spiro atoms. The zero-order valence-corrected chi connectivity index (χ0v) is 14.7. The van der Waals surface area contributed by atoms with Crippen molar-refractivity contribution >= 4 is 22.8 Å². The zero-order chi connectivity index (χ0) is 17.8. The fraction of sp³-hybridized carbons (Fsp3) is 0.350. The van der Waals surface area contributed by atoms with Gasteiger partial charge in [0.2, 0.25) is 5.91 Å². The van der Waals surface area contributed by atoms with E-state index < -0.39 is 0 Å². The van der Waals surface area contributed by atoms with Crippen LogP contribution in [0.15, 0.2) is 48.7 Å². The van der Waals surface area contributed by atoms with Crippen molar-refractivity contribution < 1.29 is 4.79 Å². The fourth-order valence-corrected chi connectivity index (χ4v) is 3.50. The highest BCUT2D eigenvalue weighted by atomic mass is 16.1. The summed E-state index contributed by atoms with van der Waals surface area (Å²) in [5.74, 6) is 1.92. The first-order valence-corrected chi connectivity index (χ1v) is 9.17. The minimum atomic E-state index is 0.0818. The molecular weight excluding hydrogens is 326 g/mol. The molecule has 6 nitrogen and oxygen atoms in total. The summed E-state index contributed by atoms with van der Waals surface area (Å²) in [6, 6.07) is 14.0. The van der Waals surface area contributed by atoms with Gasteiger partial charge < -0.3 is 15.2 Å². The van der Waals surface area contributed by atoms with Crippen LogP contribution in [-0.2, 0) is 11.2 Å². The number of benzene rings is 1. The van der Waals surface area contributed by atoms with Crippen LogP contribution in [0.25, 0.3) is 11.0 Å². The van der Waals surface area contributed by atoms with Crippen molar-refractivity contribution in [1.29, 1.82) is 0 Å². The van der Waals surface area contributed by atoms with E-state index in [2.05, 4.69) is 25.2 Å². The number of nitrogens with one attached hydrogen (secondary N) is 2. The van der Waals surface area contributed by atoms with Crippen molar-refractivity contribution in [2.75, 3.05) is 18.0 Å². The molecule has 2 N–H and O–H groups in total. The highest BCUT2D eigenvalue weighted by Crippen LogP contribution is 2.17. The van der Waals surface area contributed by atoms with Gasteiger partial charge in [0.15, 0.2) is 0 Å². The van der Waals surface area contributed by atoms with Crippen LogP contribution in [0.3, 0.4) is 0 Å². The van der Waals surface area contributed by atoms with Gasteiger partial charge in [0, 0.05) is 38.2 Å². The number of carbonyl (C=O) groups excluding carboxylic acids is 1. The van der Waals surface area contributed by atoms with Gasteiger partial charge in [-0.2, -0.15) is 0 Å². The molecule has 1 fully saturated rings. The summed E-state index contributed by atoms with van der Waals surface area (Å²) in [6.45, 7) is 1.80. The lowest BCUT2D eigenvalue weighted by molar-refractivity contribution is -0.121. The van der Waals surface area contributed by atoms with E-state index in [4.69, 9.17) is 0 Å². The van der Waals surface area contributed by atoms with Gasteiger partial charge in [0.1, 0.15) is 11.6 Å². The molecule has 0 radical (unpaired) electrons. The molecule has 0 saturated carbocycles. The number of hydrogen-bond acceptors (Lipinski definition) is 4. The predicted octanol–water partition coefficient (Wildman–Crippen LogP) is 2.68. The van der Waals surface area contributed by atoms with Gasteiger partial charge in [-0.1, -0.05) is 18.2 Å². The number of aromatic amines is 1. The van der Waals surface area contributed by atoms with Crippen molar-refractivity contribution in [2.24, 2.45) is 0 Å². The molecule has 1 amide bonds. The van der Waals surface area contributed by atoms with E-state index in [0.717, 1.165) is 48.6 Å². The van der Waals surface area contributed by atoms with E-state index in [1.54, 1.807) is 0 Å². The largest absolute Gasteiger partial charge is 0.355 e. The zero-order valence-electron chi connectivity index (χ0n) is 14.7. The minimum Gasteiger partial charge on any atom is -0.355 e. The number of aromatic nitrogens is 3. The Bertz CT molecular complexity index is 843. The number of amides is 1. The summed E-state index contributed by atoms with van der Waals surface area (Å²) in [5.41, 5.74) is 1.96. The fourth-order valence-electron chi connectivity index (χ4n) is 3.50. The number of para-hydroxylation sites is 2. The third kappa shape index (κ3) is 3.85. The van der Waals surface area contributed by atoms with Crippen molar-refractivity contribution in [3.8, 4) is 0 Å². The number of fused-ring (bicyclic) bond motifs is 1. The summed E-state index contributed by atoms with van der Waals surface area (Å²) in [7, 11) is 0. The van der Waals surface area contributed by atoms with Crippen LogP contribution in [0, 0.1) is 0 Å². The Morgan fingerprint density at radius 3 is 2.96 bits per heavy atom. The Kier molecular flexibility index (Phi) is 4.82. The second kappa shape index (κ2) is 7.56. The van der Waals surface area contributed by atoms with Crippen molar-refractivity contribution in [2.45, 2.75) is 31.7 Å². The molecule has 1 saturated heterocycles. The van der Waals surface area contributed by atoms with Crippen molar-refractivity contribution in [1.82, 2.24) is 20.3 Å². The highest BCUT2D eigenvalue weighted by molar-refractivity contribution is 5.77. The first-order valence-electron chi connectivity index (χ1n) is 9.17. The second-order valence-corrected chi connectivity index (χ2v) is 6.74. The van der Waals surface area contributed by atoms with Crippen LogP contribution in [0.4, 0.5) is 5.82 Å². The molecule has 1 aliphatic rings. The van der Waals surface area contributed by atoms with Gasteiger partial charge in [-0.3, -0.25) is 4.79 Å². The summed E-state index contributed by atoms with van der Waals surface area (Å²) in [4.78, 5) is 26.8. The SMILES string of the molecule is O=C(CCc1nc2ccccc2[nH]1)N[C@@H]1CCCN(c2ccccn2)C1. The van der Waals surface area contributed by atoms with Crippen molar-refractivity contribution in [3.05, 3.63) is 54.5 Å². The number of nitrogens with zero attached hydrogens (tertiary/aromatic N) is 3. The number of rotatable bonds is 5. The number of hydrogen-bond donors (Lipinski definition) is 2. The lowest BCUT2D eigenvalue weighted by Crippen LogP contribution is -2.48. The molecule has 3 heterocycles. The molecule has 134 valence electrons. The molecule has 1 atom stereocenters. The number of pyridine rings is 1. The Morgan fingerprint density at radius 2 is 2.12 bits per heavy atom. The Hall–Kier alpha value is -2.89. The Labute approximate surface area is 152 Å². The molecule has 4 rings (SSSR count). The molecule has 1 aliphatic heterocycles. The van der Waals surface area contributed by atoms with E-state index in [1.807, 2.05) is 48.7 Å². The second-order valence-electron chi connectivity index (χ2n) is 6.74. The van der Waals surface area contributed by atoms with Gasteiger partial charge in [-0.15, -0.1) is 0 Å². The van der Waals surface area contributed by atoms with Gasteiger partial charge in [0.05, 0.1) is 11.0 Å². The first-order chi connectivity index (χ1) is 12.8. The molecule has 2 aromatic heterocycles. The molecular formula is C20H23N5O. The highest BCUT2D eigenvalue weighted by Gasteiger charge is 2.22. The summed E-state index contributed by atoms with van der Waals surface area (Å²) in [5, 5.41) is 3.17. The van der Waals surface area contributed by atoms with Crippen LogP contribution < -0.4 is 10.2 Å². The molecule has 1 aromatic carbocycles. The van der Waals surface area contributed by atoms with Gasteiger partial charge >= 0.3 is 0 Å². The van der Waals surface area contributed by atoms with Crippen LogP contribution in [0.5, 0.6) is 0 Å². The van der Waals surface area contributed by atoms with E-state index in [1.165, 1.54) is 0 Å². The van der Waals surface area contributed by atoms with Crippen LogP contribution in [0.1, 0.15) is 25.1 Å². The summed E-state index contributed by atoms with van der Waals surface area (Å²) < 4.78 is 0.